The number of benzene rings is 1. The smallest absolute Gasteiger partial charge is 0.247 e. The molecule has 0 bridgehead atoms. The first kappa shape index (κ1) is 16.6. The number of nitrogens with zero attached hydrogens (tertiary/aromatic N) is 1. The zero-order valence-electron chi connectivity index (χ0n) is 12.4. The third-order valence-electron chi connectivity index (χ3n) is 3.66. The van der Waals surface area contributed by atoms with Crippen LogP contribution in [0.25, 0.3) is 0 Å². The maximum Gasteiger partial charge on any atom is 0.247 e. The highest BCUT2D eigenvalue weighted by Crippen LogP contribution is 2.31. The van der Waals surface area contributed by atoms with E-state index >= 15 is 0 Å². The Labute approximate surface area is 132 Å². The lowest BCUT2D eigenvalue weighted by Gasteiger charge is -2.29. The van der Waals surface area contributed by atoms with Crippen molar-refractivity contribution in [2.75, 3.05) is 23.8 Å². The summed E-state index contributed by atoms with van der Waals surface area (Å²) in [6.07, 6.45) is 1.62. The second-order valence-corrected chi connectivity index (χ2v) is 5.15. The lowest BCUT2D eigenvalue weighted by Crippen LogP contribution is -2.39. The van der Waals surface area contributed by atoms with Gasteiger partial charge in [0.1, 0.15) is 11.2 Å². The number of nitrogens with one attached hydrogen (secondary N) is 2. The van der Waals surface area contributed by atoms with Gasteiger partial charge in [0, 0.05) is 18.9 Å². The lowest BCUT2D eigenvalue weighted by atomic mass is 9.81. The van der Waals surface area contributed by atoms with E-state index in [1.54, 1.807) is 0 Å². The van der Waals surface area contributed by atoms with E-state index in [2.05, 4.69) is 23.3 Å². The number of halogens is 1. The van der Waals surface area contributed by atoms with Crippen LogP contribution in [0.15, 0.2) is 30.9 Å². The number of nitriles is 1. The lowest BCUT2D eigenvalue weighted by molar-refractivity contribution is -0.126. The van der Waals surface area contributed by atoms with Gasteiger partial charge in [0.15, 0.2) is 0 Å². The maximum atomic E-state index is 13.7. The summed E-state index contributed by atoms with van der Waals surface area (Å²) in [5, 5.41) is 14.3. The fourth-order valence-electron chi connectivity index (χ4n) is 2.24. The molecule has 0 radical (unpaired) electrons. The number of hydrogen-bond acceptors (Lipinski definition) is 4. The SMILES string of the molecule is C=CC(=O)Nc1cc(NC(=O)C2(C#N)CCOCC2)ccc1F. The Kier molecular flexibility index (Phi) is 5.09. The third kappa shape index (κ3) is 3.73. The van der Waals surface area contributed by atoms with Gasteiger partial charge in [0.25, 0.3) is 0 Å². The van der Waals surface area contributed by atoms with Crippen LogP contribution < -0.4 is 10.6 Å². The molecule has 2 amide bonds. The van der Waals surface area contributed by atoms with Crippen molar-refractivity contribution in [3.05, 3.63) is 36.7 Å². The van der Waals surface area contributed by atoms with Crippen molar-refractivity contribution in [1.29, 1.82) is 5.26 Å². The van der Waals surface area contributed by atoms with E-state index in [0.29, 0.717) is 26.1 Å². The first-order valence-electron chi connectivity index (χ1n) is 7.04. The van der Waals surface area contributed by atoms with Crippen molar-refractivity contribution < 1.29 is 18.7 Å². The minimum absolute atomic E-state index is 0.0781. The van der Waals surface area contributed by atoms with E-state index in [1.165, 1.54) is 12.1 Å². The predicted octanol–water partition coefficient (Wildman–Crippen LogP) is 2.21. The minimum atomic E-state index is -1.16. The molecule has 1 aliphatic rings. The molecule has 7 heteroatoms. The van der Waals surface area contributed by atoms with Gasteiger partial charge in [0.05, 0.1) is 11.8 Å². The molecule has 6 nitrogen and oxygen atoms in total. The molecule has 0 saturated carbocycles. The highest BCUT2D eigenvalue weighted by atomic mass is 19.1. The Bertz CT molecular complexity index is 676. The van der Waals surface area contributed by atoms with Crippen LogP contribution >= 0.6 is 0 Å². The Morgan fingerprint density at radius 2 is 2.04 bits per heavy atom. The predicted molar refractivity (Wildman–Crippen MR) is 82.0 cm³/mol. The van der Waals surface area contributed by atoms with Gasteiger partial charge in [-0.05, 0) is 37.1 Å². The van der Waals surface area contributed by atoms with Gasteiger partial charge < -0.3 is 15.4 Å². The highest BCUT2D eigenvalue weighted by Gasteiger charge is 2.40. The number of carbonyl (C=O) groups is 2. The molecule has 0 atom stereocenters. The van der Waals surface area contributed by atoms with Crippen LogP contribution in [-0.4, -0.2) is 25.0 Å². The molecule has 1 aliphatic heterocycles. The minimum Gasteiger partial charge on any atom is -0.381 e. The largest absolute Gasteiger partial charge is 0.381 e. The molecule has 2 N–H and O–H groups in total. The van der Waals surface area contributed by atoms with Crippen LogP contribution in [0.4, 0.5) is 15.8 Å². The molecule has 1 saturated heterocycles. The molecular formula is C16H16FN3O3. The molecule has 1 aromatic rings. The number of anilines is 2. The van der Waals surface area contributed by atoms with Gasteiger partial charge in [0.2, 0.25) is 11.8 Å². The van der Waals surface area contributed by atoms with E-state index < -0.39 is 23.0 Å². The summed E-state index contributed by atoms with van der Waals surface area (Å²) in [5.74, 6) is -1.67. The van der Waals surface area contributed by atoms with Crippen molar-refractivity contribution in [3.63, 3.8) is 0 Å². The van der Waals surface area contributed by atoms with E-state index in [-0.39, 0.29) is 11.4 Å². The average molecular weight is 317 g/mol. The summed E-state index contributed by atoms with van der Waals surface area (Å²) in [6, 6.07) is 5.83. The van der Waals surface area contributed by atoms with E-state index in [4.69, 9.17) is 4.74 Å². The second kappa shape index (κ2) is 7.03. The molecule has 2 rings (SSSR count). The van der Waals surface area contributed by atoms with Crippen LogP contribution in [0.5, 0.6) is 0 Å². The number of hydrogen-bond donors (Lipinski definition) is 2. The third-order valence-corrected chi connectivity index (χ3v) is 3.66. The van der Waals surface area contributed by atoms with Crippen molar-refractivity contribution in [3.8, 4) is 6.07 Å². The molecule has 1 aromatic carbocycles. The van der Waals surface area contributed by atoms with Gasteiger partial charge in [-0.2, -0.15) is 5.26 Å². The monoisotopic (exact) mass is 317 g/mol. The maximum absolute atomic E-state index is 13.7. The molecule has 0 aromatic heterocycles. The van der Waals surface area contributed by atoms with Crippen molar-refractivity contribution >= 4 is 23.2 Å². The summed E-state index contributed by atoms with van der Waals surface area (Å²) in [6.45, 7) is 3.96. The highest BCUT2D eigenvalue weighted by molar-refractivity contribution is 6.00. The van der Waals surface area contributed by atoms with Crippen LogP contribution in [0, 0.1) is 22.6 Å². The molecular weight excluding hydrogens is 301 g/mol. The standard InChI is InChI=1S/C16H16FN3O3/c1-2-14(21)20-13-9-11(3-4-12(13)17)19-15(22)16(10-18)5-7-23-8-6-16/h2-4,9H,1,5-8H2,(H,19,22)(H,20,21). The molecule has 0 aliphatic carbocycles. The van der Waals surface area contributed by atoms with Crippen molar-refractivity contribution in [2.45, 2.75) is 12.8 Å². The number of carbonyl (C=O) groups excluding carboxylic acids is 2. The molecule has 23 heavy (non-hydrogen) atoms. The summed E-state index contributed by atoms with van der Waals surface area (Å²) in [7, 11) is 0. The van der Waals surface area contributed by atoms with E-state index in [9.17, 15) is 19.2 Å². The summed E-state index contributed by atoms with van der Waals surface area (Å²) in [5.41, 5.74) is -0.945. The van der Waals surface area contributed by atoms with Gasteiger partial charge >= 0.3 is 0 Å². The van der Waals surface area contributed by atoms with Crippen LogP contribution in [0.1, 0.15) is 12.8 Å². The van der Waals surface area contributed by atoms with Crippen molar-refractivity contribution in [1.82, 2.24) is 0 Å². The van der Waals surface area contributed by atoms with Crippen LogP contribution in [-0.2, 0) is 14.3 Å². The van der Waals surface area contributed by atoms with Crippen LogP contribution in [0.3, 0.4) is 0 Å². The number of amides is 2. The van der Waals surface area contributed by atoms with Gasteiger partial charge in [-0.25, -0.2) is 4.39 Å². The Morgan fingerprint density at radius 3 is 2.65 bits per heavy atom. The molecule has 0 spiro atoms. The quantitative estimate of drug-likeness (QED) is 0.833. The molecule has 120 valence electrons. The molecule has 1 fully saturated rings. The zero-order chi connectivity index (χ0) is 16.9. The molecule has 1 heterocycles. The van der Waals surface area contributed by atoms with E-state index in [0.717, 1.165) is 12.1 Å². The molecule has 0 unspecified atom stereocenters. The average Bonchev–Trinajstić information content (AvgIpc) is 2.58. The summed E-state index contributed by atoms with van der Waals surface area (Å²) >= 11 is 0. The number of rotatable bonds is 4. The fraction of sp³-hybridized carbons (Fsp3) is 0.312. The first-order valence-corrected chi connectivity index (χ1v) is 7.04. The van der Waals surface area contributed by atoms with Crippen LogP contribution in [0.2, 0.25) is 0 Å². The second-order valence-electron chi connectivity index (χ2n) is 5.15. The fourth-order valence-corrected chi connectivity index (χ4v) is 2.24. The normalized spacial score (nSPS) is 16.0. The van der Waals surface area contributed by atoms with Gasteiger partial charge in [-0.3, -0.25) is 9.59 Å². The Morgan fingerprint density at radius 1 is 1.35 bits per heavy atom. The first-order chi connectivity index (χ1) is 11.0. The van der Waals surface area contributed by atoms with Crippen molar-refractivity contribution in [2.24, 2.45) is 5.41 Å². The Hall–Kier alpha value is -2.72. The zero-order valence-corrected chi connectivity index (χ0v) is 12.4. The Balaban J connectivity index is 2.17. The topological polar surface area (TPSA) is 91.2 Å². The number of ether oxygens (including phenoxy) is 1. The summed E-state index contributed by atoms with van der Waals surface area (Å²) < 4.78 is 18.8. The van der Waals surface area contributed by atoms with Gasteiger partial charge in [-0.15, -0.1) is 0 Å². The van der Waals surface area contributed by atoms with E-state index in [1.807, 2.05) is 0 Å². The summed E-state index contributed by atoms with van der Waals surface area (Å²) in [4.78, 5) is 23.7. The van der Waals surface area contributed by atoms with Gasteiger partial charge in [-0.1, -0.05) is 6.58 Å².